The van der Waals surface area contributed by atoms with Crippen LogP contribution in [0.4, 0.5) is 0 Å². The van der Waals surface area contributed by atoms with E-state index in [4.69, 9.17) is 10.2 Å². The normalized spacial score (nSPS) is 21.8. The van der Waals surface area contributed by atoms with Crippen LogP contribution >= 0.6 is 0 Å². The Bertz CT molecular complexity index is 396. The van der Waals surface area contributed by atoms with Crippen molar-refractivity contribution in [2.24, 2.45) is 10.7 Å². The van der Waals surface area contributed by atoms with Crippen molar-refractivity contribution in [3.05, 3.63) is 25.1 Å². The first-order valence-corrected chi connectivity index (χ1v) is 10.1. The van der Waals surface area contributed by atoms with E-state index in [2.05, 4.69) is 50.3 Å². The molecule has 0 spiro atoms. The summed E-state index contributed by atoms with van der Waals surface area (Å²) < 4.78 is 6.43. The molecule has 4 nitrogen and oxygen atoms in total. The van der Waals surface area contributed by atoms with Gasteiger partial charge in [-0.15, -0.1) is 0 Å². The van der Waals surface area contributed by atoms with Crippen LogP contribution in [-0.4, -0.2) is 38.2 Å². The number of rotatable bonds is 5. The molecule has 0 aliphatic carbocycles. The molecule has 0 amide bonds. The van der Waals surface area contributed by atoms with E-state index in [1.807, 2.05) is 6.20 Å². The second-order valence-electron chi connectivity index (χ2n) is 6.84. The first-order chi connectivity index (χ1) is 9.15. The molecule has 1 heterocycles. The van der Waals surface area contributed by atoms with Crippen molar-refractivity contribution in [2.45, 2.75) is 51.4 Å². The molecule has 1 saturated heterocycles. The first kappa shape index (κ1) is 17.0. The SMILES string of the molecule is C=CC(N)=N/C=C/N1CC[C@H](O[Si](C)(C)C(C)(C)C)C1. The molecule has 114 valence electrons. The number of nitrogens with two attached hydrogens (primary N) is 1. The molecule has 0 aromatic heterocycles. The van der Waals surface area contributed by atoms with Crippen LogP contribution in [0.15, 0.2) is 30.0 Å². The average molecular weight is 296 g/mol. The molecule has 1 rings (SSSR count). The number of aliphatic imine (C=N–C) groups is 1. The lowest BCUT2D eigenvalue weighted by molar-refractivity contribution is 0.190. The van der Waals surface area contributed by atoms with Crippen LogP contribution in [0.25, 0.3) is 0 Å². The number of hydrogen-bond donors (Lipinski definition) is 1. The van der Waals surface area contributed by atoms with Gasteiger partial charge in [0.15, 0.2) is 8.32 Å². The summed E-state index contributed by atoms with van der Waals surface area (Å²) in [5.74, 6) is 0.439. The van der Waals surface area contributed by atoms with E-state index in [0.29, 0.717) is 11.9 Å². The monoisotopic (exact) mass is 295 g/mol. The highest BCUT2D eigenvalue weighted by molar-refractivity contribution is 6.74. The van der Waals surface area contributed by atoms with Crippen molar-refractivity contribution in [3.8, 4) is 0 Å². The van der Waals surface area contributed by atoms with Crippen LogP contribution < -0.4 is 5.73 Å². The molecule has 1 atom stereocenters. The van der Waals surface area contributed by atoms with Crippen molar-refractivity contribution in [3.63, 3.8) is 0 Å². The summed E-state index contributed by atoms with van der Waals surface area (Å²) in [7, 11) is -1.67. The number of nitrogens with zero attached hydrogens (tertiary/aromatic N) is 2. The van der Waals surface area contributed by atoms with Crippen LogP contribution in [0.5, 0.6) is 0 Å². The summed E-state index contributed by atoms with van der Waals surface area (Å²) in [6, 6.07) is 0. The molecule has 1 aliphatic heterocycles. The summed E-state index contributed by atoms with van der Waals surface area (Å²) in [4.78, 5) is 6.30. The minimum absolute atomic E-state index is 0.263. The highest BCUT2D eigenvalue weighted by Crippen LogP contribution is 2.38. The van der Waals surface area contributed by atoms with Gasteiger partial charge >= 0.3 is 0 Å². The zero-order valence-corrected chi connectivity index (χ0v) is 14.5. The second-order valence-corrected chi connectivity index (χ2v) is 11.6. The van der Waals surface area contributed by atoms with Gasteiger partial charge in [-0.05, 0) is 30.6 Å². The molecule has 0 radical (unpaired) electrons. The summed E-state index contributed by atoms with van der Waals surface area (Å²) in [5, 5.41) is 0.263. The molecule has 1 fully saturated rings. The van der Waals surface area contributed by atoms with E-state index < -0.39 is 8.32 Å². The Kier molecular flexibility index (Phi) is 5.59. The lowest BCUT2D eigenvalue weighted by Crippen LogP contribution is -2.44. The molecule has 0 bridgehead atoms. The smallest absolute Gasteiger partial charge is 0.192 e. The topological polar surface area (TPSA) is 50.8 Å². The van der Waals surface area contributed by atoms with Crippen molar-refractivity contribution >= 4 is 14.2 Å². The van der Waals surface area contributed by atoms with Gasteiger partial charge in [0.1, 0.15) is 5.84 Å². The zero-order valence-electron chi connectivity index (χ0n) is 13.5. The molecular formula is C15H29N3OSi. The van der Waals surface area contributed by atoms with Gasteiger partial charge in [0.2, 0.25) is 0 Å². The predicted molar refractivity (Wildman–Crippen MR) is 89.2 cm³/mol. The Balaban J connectivity index is 2.50. The standard InChI is InChI=1S/C15H29N3OSi/c1-7-14(16)17-9-11-18-10-8-13(12-18)19-20(5,6)15(2,3)4/h7,9,11,13H,1,8,10,12H2,2-6H3,(H2,16,17)/b11-9+/t13-/m0/s1. The third-order valence-corrected chi connectivity index (χ3v) is 8.69. The summed E-state index contributed by atoms with van der Waals surface area (Å²) in [5.41, 5.74) is 5.56. The Hall–Kier alpha value is -1.07. The Morgan fingerprint density at radius 2 is 2.10 bits per heavy atom. The zero-order chi connectivity index (χ0) is 15.4. The van der Waals surface area contributed by atoms with E-state index >= 15 is 0 Å². The minimum atomic E-state index is -1.67. The van der Waals surface area contributed by atoms with Crippen molar-refractivity contribution < 1.29 is 4.43 Å². The lowest BCUT2D eigenvalue weighted by Gasteiger charge is -2.38. The molecular weight excluding hydrogens is 266 g/mol. The largest absolute Gasteiger partial charge is 0.412 e. The van der Waals surface area contributed by atoms with Gasteiger partial charge in [0.05, 0.1) is 6.10 Å². The molecule has 5 heteroatoms. The Morgan fingerprint density at radius 1 is 1.45 bits per heavy atom. The molecule has 1 aliphatic rings. The fourth-order valence-corrected chi connectivity index (χ4v) is 3.22. The maximum atomic E-state index is 6.43. The van der Waals surface area contributed by atoms with Crippen molar-refractivity contribution in [2.75, 3.05) is 13.1 Å². The van der Waals surface area contributed by atoms with Crippen molar-refractivity contribution in [1.82, 2.24) is 4.90 Å². The molecule has 0 saturated carbocycles. The molecule has 0 unspecified atom stereocenters. The fourth-order valence-electron chi connectivity index (χ4n) is 1.85. The van der Waals surface area contributed by atoms with Crippen LogP contribution in [0.2, 0.25) is 18.1 Å². The summed E-state index contributed by atoms with van der Waals surface area (Å²) in [6.07, 6.45) is 6.66. The van der Waals surface area contributed by atoms with Gasteiger partial charge < -0.3 is 15.1 Å². The minimum Gasteiger partial charge on any atom is -0.412 e. The van der Waals surface area contributed by atoms with Crippen LogP contribution in [0.1, 0.15) is 27.2 Å². The quantitative estimate of drug-likeness (QED) is 0.482. The summed E-state index contributed by atoms with van der Waals surface area (Å²) in [6.45, 7) is 17.0. The second kappa shape index (κ2) is 6.59. The third-order valence-electron chi connectivity index (χ3n) is 4.15. The molecule has 20 heavy (non-hydrogen) atoms. The number of hydrogen-bond acceptors (Lipinski definition) is 3. The van der Waals surface area contributed by atoms with Crippen LogP contribution in [0, 0.1) is 0 Å². The number of likely N-dealkylation sites (tertiary alicyclic amines) is 1. The van der Waals surface area contributed by atoms with E-state index in [9.17, 15) is 0 Å². The first-order valence-electron chi connectivity index (χ1n) is 7.20. The molecule has 0 aromatic carbocycles. The van der Waals surface area contributed by atoms with Gasteiger partial charge in [-0.2, -0.15) is 0 Å². The maximum absolute atomic E-state index is 6.43. The van der Waals surface area contributed by atoms with Gasteiger partial charge in [0.25, 0.3) is 0 Å². The van der Waals surface area contributed by atoms with E-state index in [0.717, 1.165) is 19.5 Å². The van der Waals surface area contributed by atoms with Crippen LogP contribution in [-0.2, 0) is 4.43 Å². The Labute approximate surface area is 124 Å². The van der Waals surface area contributed by atoms with Gasteiger partial charge in [-0.3, -0.25) is 0 Å². The average Bonchev–Trinajstić information content (AvgIpc) is 2.74. The summed E-state index contributed by atoms with van der Waals surface area (Å²) >= 11 is 0. The third kappa shape index (κ3) is 4.79. The maximum Gasteiger partial charge on any atom is 0.192 e. The predicted octanol–water partition coefficient (Wildman–Crippen LogP) is 3.10. The van der Waals surface area contributed by atoms with E-state index in [-0.39, 0.29) is 5.04 Å². The highest BCUT2D eigenvalue weighted by Gasteiger charge is 2.40. The highest BCUT2D eigenvalue weighted by atomic mass is 28.4. The molecule has 0 aromatic rings. The van der Waals surface area contributed by atoms with E-state index in [1.54, 1.807) is 6.20 Å². The van der Waals surface area contributed by atoms with Crippen molar-refractivity contribution in [1.29, 1.82) is 0 Å². The van der Waals surface area contributed by atoms with Gasteiger partial charge in [0, 0.05) is 25.5 Å². The Morgan fingerprint density at radius 3 is 2.65 bits per heavy atom. The molecule has 2 N–H and O–H groups in total. The van der Waals surface area contributed by atoms with Crippen LogP contribution in [0.3, 0.4) is 0 Å². The van der Waals surface area contributed by atoms with Gasteiger partial charge in [-0.25, -0.2) is 4.99 Å². The fraction of sp³-hybridized carbons (Fsp3) is 0.667. The van der Waals surface area contributed by atoms with E-state index in [1.165, 1.54) is 6.08 Å². The lowest BCUT2D eigenvalue weighted by atomic mass is 10.2. The number of amidine groups is 1. The van der Waals surface area contributed by atoms with Gasteiger partial charge in [-0.1, -0.05) is 27.4 Å².